The minimum Gasteiger partial charge on any atom is -0.496 e. The van der Waals surface area contributed by atoms with Crippen LogP contribution in [0.5, 0.6) is 5.75 Å². The maximum Gasteiger partial charge on any atom is 0.124 e. The first kappa shape index (κ1) is 14.6. The molecule has 0 amide bonds. The van der Waals surface area contributed by atoms with Crippen molar-refractivity contribution in [3.63, 3.8) is 0 Å². The molecule has 2 rings (SSSR count). The van der Waals surface area contributed by atoms with Gasteiger partial charge in [0.1, 0.15) is 5.75 Å². The van der Waals surface area contributed by atoms with Gasteiger partial charge in [0.2, 0.25) is 0 Å². The molecule has 102 valence electrons. The zero-order chi connectivity index (χ0) is 13.8. The fourth-order valence-corrected chi connectivity index (χ4v) is 3.70. The summed E-state index contributed by atoms with van der Waals surface area (Å²) in [5.74, 6) is 0.934. The quantitative estimate of drug-likeness (QED) is 0.864. The average molecular weight is 340 g/mol. The molecule has 1 unspecified atom stereocenters. The molecule has 0 aliphatic carbocycles. The number of rotatable bonds is 5. The van der Waals surface area contributed by atoms with Crippen molar-refractivity contribution < 1.29 is 4.74 Å². The standard InChI is InChI=1S/C15H18BrNOS/c1-4-17-15(12-8-19-9-13(12)16)11-6-5-10(2)7-14(11)18-3/h5-9,15,17H,4H2,1-3H3. The predicted molar refractivity (Wildman–Crippen MR) is 85.3 cm³/mol. The number of thiophene rings is 1. The lowest BCUT2D eigenvalue weighted by molar-refractivity contribution is 0.404. The zero-order valence-corrected chi connectivity index (χ0v) is 13.8. The highest BCUT2D eigenvalue weighted by Gasteiger charge is 2.20. The molecular formula is C15H18BrNOS. The van der Waals surface area contributed by atoms with Crippen LogP contribution in [0.15, 0.2) is 33.4 Å². The molecule has 0 saturated heterocycles. The molecule has 19 heavy (non-hydrogen) atoms. The first-order valence-corrected chi connectivity index (χ1v) is 8.00. The van der Waals surface area contributed by atoms with Crippen molar-refractivity contribution in [2.24, 2.45) is 0 Å². The van der Waals surface area contributed by atoms with E-state index in [2.05, 4.69) is 64.1 Å². The molecule has 0 bridgehead atoms. The predicted octanol–water partition coefficient (Wildman–Crippen LogP) is 4.53. The molecular weight excluding hydrogens is 322 g/mol. The van der Waals surface area contributed by atoms with E-state index in [1.807, 2.05) is 0 Å². The molecule has 2 aromatic rings. The van der Waals surface area contributed by atoms with Gasteiger partial charge in [0, 0.05) is 15.4 Å². The Kier molecular flexibility index (Phi) is 5.02. The van der Waals surface area contributed by atoms with Gasteiger partial charge in [0.15, 0.2) is 0 Å². The summed E-state index contributed by atoms with van der Waals surface area (Å²) in [5.41, 5.74) is 3.64. The largest absolute Gasteiger partial charge is 0.496 e. The number of hydrogen-bond acceptors (Lipinski definition) is 3. The van der Waals surface area contributed by atoms with Crippen molar-refractivity contribution in [3.8, 4) is 5.75 Å². The van der Waals surface area contributed by atoms with Crippen molar-refractivity contribution >= 4 is 27.3 Å². The smallest absolute Gasteiger partial charge is 0.124 e. The molecule has 0 saturated carbocycles. The molecule has 1 aromatic carbocycles. The van der Waals surface area contributed by atoms with Crippen LogP contribution in [0.3, 0.4) is 0 Å². The minimum absolute atomic E-state index is 0.154. The molecule has 1 atom stereocenters. The Bertz CT molecular complexity index is 553. The lowest BCUT2D eigenvalue weighted by Crippen LogP contribution is -2.22. The number of benzene rings is 1. The van der Waals surface area contributed by atoms with Gasteiger partial charge in [-0.05, 0) is 52.0 Å². The number of halogens is 1. The second-order valence-corrected chi connectivity index (χ2v) is 6.01. The Labute approximate surface area is 126 Å². The van der Waals surface area contributed by atoms with Crippen molar-refractivity contribution in [1.29, 1.82) is 0 Å². The summed E-state index contributed by atoms with van der Waals surface area (Å²) in [6, 6.07) is 6.51. The molecule has 4 heteroatoms. The number of aryl methyl sites for hydroxylation is 1. The maximum absolute atomic E-state index is 5.54. The normalized spacial score (nSPS) is 12.4. The molecule has 0 spiro atoms. The van der Waals surface area contributed by atoms with Gasteiger partial charge in [-0.25, -0.2) is 0 Å². The fraction of sp³-hybridized carbons (Fsp3) is 0.333. The first-order valence-electron chi connectivity index (χ1n) is 6.26. The van der Waals surface area contributed by atoms with Gasteiger partial charge in [0.05, 0.1) is 13.2 Å². The van der Waals surface area contributed by atoms with E-state index < -0.39 is 0 Å². The van der Waals surface area contributed by atoms with E-state index >= 15 is 0 Å². The SMILES string of the molecule is CCNC(c1cscc1Br)c1ccc(C)cc1OC. The van der Waals surface area contributed by atoms with Gasteiger partial charge in [0.25, 0.3) is 0 Å². The second kappa shape index (κ2) is 6.55. The second-order valence-electron chi connectivity index (χ2n) is 4.41. The van der Waals surface area contributed by atoms with Crippen molar-refractivity contribution in [3.05, 3.63) is 50.1 Å². The lowest BCUT2D eigenvalue weighted by atomic mass is 9.99. The van der Waals surface area contributed by atoms with Gasteiger partial charge in [-0.15, -0.1) is 0 Å². The number of ether oxygens (including phenoxy) is 1. The Hall–Kier alpha value is -0.840. The third-order valence-corrected chi connectivity index (χ3v) is 4.81. The van der Waals surface area contributed by atoms with Gasteiger partial charge in [-0.3, -0.25) is 0 Å². The molecule has 0 fully saturated rings. The molecule has 1 N–H and O–H groups in total. The van der Waals surface area contributed by atoms with E-state index in [1.54, 1.807) is 18.4 Å². The van der Waals surface area contributed by atoms with Crippen LogP contribution in [-0.4, -0.2) is 13.7 Å². The number of hydrogen-bond donors (Lipinski definition) is 1. The van der Waals surface area contributed by atoms with Gasteiger partial charge in [-0.1, -0.05) is 19.1 Å². The highest BCUT2D eigenvalue weighted by molar-refractivity contribution is 9.10. The Morgan fingerprint density at radius 3 is 2.68 bits per heavy atom. The van der Waals surface area contributed by atoms with Gasteiger partial charge >= 0.3 is 0 Å². The monoisotopic (exact) mass is 339 g/mol. The van der Waals surface area contributed by atoms with Crippen LogP contribution in [0.25, 0.3) is 0 Å². The van der Waals surface area contributed by atoms with Gasteiger partial charge in [-0.2, -0.15) is 11.3 Å². The first-order chi connectivity index (χ1) is 9.17. The van der Waals surface area contributed by atoms with Crippen LogP contribution < -0.4 is 10.1 Å². The molecule has 2 nitrogen and oxygen atoms in total. The summed E-state index contributed by atoms with van der Waals surface area (Å²) in [6.07, 6.45) is 0. The van der Waals surface area contributed by atoms with Crippen LogP contribution in [0.1, 0.15) is 29.7 Å². The van der Waals surface area contributed by atoms with E-state index in [-0.39, 0.29) is 6.04 Å². The Balaban J connectivity index is 2.48. The summed E-state index contributed by atoms with van der Waals surface area (Å²) in [6.45, 7) is 5.10. The maximum atomic E-state index is 5.54. The average Bonchev–Trinajstić information content (AvgIpc) is 2.82. The van der Waals surface area contributed by atoms with Crippen molar-refractivity contribution in [2.75, 3.05) is 13.7 Å². The van der Waals surface area contributed by atoms with Gasteiger partial charge < -0.3 is 10.1 Å². The van der Waals surface area contributed by atoms with E-state index in [4.69, 9.17) is 4.74 Å². The van der Waals surface area contributed by atoms with Crippen molar-refractivity contribution in [1.82, 2.24) is 5.32 Å². The third-order valence-electron chi connectivity index (χ3n) is 3.06. The summed E-state index contributed by atoms with van der Waals surface area (Å²) >= 11 is 5.33. The lowest BCUT2D eigenvalue weighted by Gasteiger charge is -2.21. The highest BCUT2D eigenvalue weighted by Crippen LogP contribution is 2.36. The molecule has 0 radical (unpaired) electrons. The van der Waals surface area contributed by atoms with E-state index in [0.717, 1.165) is 16.8 Å². The third kappa shape index (κ3) is 3.19. The van der Waals surface area contributed by atoms with Crippen LogP contribution in [-0.2, 0) is 0 Å². The van der Waals surface area contributed by atoms with Crippen LogP contribution in [0, 0.1) is 6.92 Å². The highest BCUT2D eigenvalue weighted by atomic mass is 79.9. The molecule has 1 aromatic heterocycles. The Morgan fingerprint density at radius 1 is 1.32 bits per heavy atom. The van der Waals surface area contributed by atoms with Crippen LogP contribution in [0.2, 0.25) is 0 Å². The van der Waals surface area contributed by atoms with Crippen molar-refractivity contribution in [2.45, 2.75) is 19.9 Å². The summed E-state index contributed by atoms with van der Waals surface area (Å²) < 4.78 is 6.68. The zero-order valence-electron chi connectivity index (χ0n) is 11.4. The summed E-state index contributed by atoms with van der Waals surface area (Å²) in [5, 5.41) is 7.82. The molecule has 0 aliphatic rings. The van der Waals surface area contributed by atoms with Crippen LogP contribution >= 0.6 is 27.3 Å². The van der Waals surface area contributed by atoms with Crippen LogP contribution in [0.4, 0.5) is 0 Å². The van der Waals surface area contributed by atoms with E-state index in [0.29, 0.717) is 0 Å². The summed E-state index contributed by atoms with van der Waals surface area (Å²) in [7, 11) is 1.73. The van der Waals surface area contributed by atoms with E-state index in [1.165, 1.54) is 16.7 Å². The molecule has 0 aliphatic heterocycles. The van der Waals surface area contributed by atoms with E-state index in [9.17, 15) is 0 Å². The fourth-order valence-electron chi connectivity index (χ4n) is 2.15. The number of nitrogens with one attached hydrogen (secondary N) is 1. The topological polar surface area (TPSA) is 21.3 Å². The minimum atomic E-state index is 0.154. The summed E-state index contributed by atoms with van der Waals surface area (Å²) in [4.78, 5) is 0. The number of methoxy groups -OCH3 is 1. The molecule has 1 heterocycles. The Morgan fingerprint density at radius 2 is 2.11 bits per heavy atom.